The molecule has 0 nitrogen and oxygen atoms in total. The van der Waals surface area contributed by atoms with Crippen molar-refractivity contribution >= 4 is 12.4 Å². The van der Waals surface area contributed by atoms with Crippen molar-refractivity contribution < 1.29 is 37.9 Å². The van der Waals surface area contributed by atoms with Crippen molar-refractivity contribution in [1.29, 1.82) is 0 Å². The summed E-state index contributed by atoms with van der Waals surface area (Å²) in [5.74, 6) is 0. The summed E-state index contributed by atoms with van der Waals surface area (Å²) >= 11 is 1.09. The van der Waals surface area contributed by atoms with Crippen LogP contribution in [0.3, 0.4) is 0 Å². The first-order valence-corrected chi connectivity index (χ1v) is 5.52. The topological polar surface area (TPSA) is 0 Å². The predicted octanol–water partition coefficient (Wildman–Crippen LogP) is 2.16. The van der Waals surface area contributed by atoms with Crippen LogP contribution in [0.4, 0.5) is 0 Å². The molecule has 1 rings (SSSR count). The van der Waals surface area contributed by atoms with Gasteiger partial charge in [-0.15, -0.1) is 12.4 Å². The van der Waals surface area contributed by atoms with E-state index in [2.05, 4.69) is 30.3 Å². The third-order valence-corrected chi connectivity index (χ3v) is 2.72. The molecular weight excluding hydrogens is 352 g/mol. The molecule has 0 spiro atoms. The minimum atomic E-state index is 0. The van der Waals surface area contributed by atoms with Crippen LogP contribution in [0.2, 0.25) is 0 Å². The normalized spacial score (nSPS) is 8.22. The van der Waals surface area contributed by atoms with E-state index in [1.165, 1.54) is 7.76 Å². The molecule has 1 aromatic rings. The Balaban J connectivity index is 0.000000640. The van der Waals surface area contributed by atoms with Gasteiger partial charge in [0.2, 0.25) is 0 Å². The van der Waals surface area contributed by atoms with Crippen molar-refractivity contribution in [2.24, 2.45) is 0 Å². The summed E-state index contributed by atoms with van der Waals surface area (Å²) in [6.45, 7) is 0. The van der Waals surface area contributed by atoms with E-state index in [1.807, 2.05) is 0 Å². The van der Waals surface area contributed by atoms with Gasteiger partial charge in [0.1, 0.15) is 0 Å². The average Bonchev–Trinajstić information content (AvgIpc) is 1.90. The Labute approximate surface area is 87.4 Å². The molecule has 0 aliphatic carbocycles. The Morgan fingerprint density at radius 1 is 1.11 bits per heavy atom. The Hall–Kier alpha value is 0.835. The SMILES string of the molecule is Cl.[Th][CH2]c1ccccc1. The van der Waals surface area contributed by atoms with Gasteiger partial charge in [-0.05, 0) is 0 Å². The molecule has 0 aliphatic rings. The van der Waals surface area contributed by atoms with Crippen molar-refractivity contribution in [3.63, 3.8) is 0 Å². The molecule has 1 aromatic carbocycles. The van der Waals surface area contributed by atoms with Crippen molar-refractivity contribution in [1.82, 2.24) is 0 Å². The molecule has 0 amide bonds. The fraction of sp³-hybridized carbons (Fsp3) is 0.143. The molecule has 0 heterocycles. The van der Waals surface area contributed by atoms with E-state index < -0.39 is 0 Å². The molecule has 0 N–H and O–H groups in total. The molecule has 0 fully saturated rings. The molecule has 47 valence electrons. The molecule has 0 radical (unpaired) electrons. The van der Waals surface area contributed by atoms with Crippen LogP contribution >= 0.6 is 12.4 Å². The second-order valence-corrected chi connectivity index (χ2v) is 3.12. The van der Waals surface area contributed by atoms with Gasteiger partial charge >= 0.3 is 76.0 Å². The van der Waals surface area contributed by atoms with Gasteiger partial charge in [0.15, 0.2) is 0 Å². The average molecular weight is 360 g/mol. The quantitative estimate of drug-likeness (QED) is 0.721. The standard InChI is InChI=1S/C7H7.ClH.Th/c1-7-5-3-2-4-6-7;;/h2-6H,1H2;1H;. The van der Waals surface area contributed by atoms with Gasteiger partial charge in [-0.25, -0.2) is 0 Å². The summed E-state index contributed by atoms with van der Waals surface area (Å²) in [6.07, 6.45) is 0. The second-order valence-electron chi connectivity index (χ2n) is 1.66. The van der Waals surface area contributed by atoms with Crippen molar-refractivity contribution in [2.75, 3.05) is 0 Å². The molecule has 2 heteroatoms. The van der Waals surface area contributed by atoms with E-state index in [0.717, 1.165) is 37.9 Å². The summed E-state index contributed by atoms with van der Waals surface area (Å²) in [6, 6.07) is 10.6. The van der Waals surface area contributed by atoms with Crippen LogP contribution < -0.4 is 0 Å². The third kappa shape index (κ3) is 3.52. The van der Waals surface area contributed by atoms with Crippen molar-refractivity contribution in [3.05, 3.63) is 35.9 Å². The summed E-state index contributed by atoms with van der Waals surface area (Å²) in [7, 11) is 0. The van der Waals surface area contributed by atoms with Gasteiger partial charge in [0, 0.05) is 0 Å². The van der Waals surface area contributed by atoms with Crippen LogP contribution in [0, 0.1) is 37.9 Å². The number of benzene rings is 1. The fourth-order valence-corrected chi connectivity index (χ4v) is 1.56. The van der Waals surface area contributed by atoms with Crippen LogP contribution in [-0.4, -0.2) is 0 Å². The summed E-state index contributed by atoms with van der Waals surface area (Å²) < 4.78 is 1.31. The first-order valence-electron chi connectivity index (χ1n) is 2.62. The van der Waals surface area contributed by atoms with Gasteiger partial charge in [0.25, 0.3) is 0 Å². The van der Waals surface area contributed by atoms with E-state index in [9.17, 15) is 0 Å². The van der Waals surface area contributed by atoms with Crippen LogP contribution in [0.25, 0.3) is 0 Å². The Kier molecular flexibility index (Phi) is 6.13. The molecular formula is C7H8ClTh. The van der Waals surface area contributed by atoms with E-state index in [-0.39, 0.29) is 12.4 Å². The molecule has 0 aliphatic heterocycles. The van der Waals surface area contributed by atoms with Gasteiger partial charge < -0.3 is 0 Å². The van der Waals surface area contributed by atoms with Crippen LogP contribution in [0.5, 0.6) is 0 Å². The van der Waals surface area contributed by atoms with Crippen LogP contribution in [-0.2, 0) is 2.20 Å². The number of hydrogen-bond donors (Lipinski definition) is 0. The maximum atomic E-state index is 2.18. The van der Waals surface area contributed by atoms with Gasteiger partial charge in [0.05, 0.1) is 0 Å². The fourth-order valence-electron chi connectivity index (χ4n) is 0.596. The van der Waals surface area contributed by atoms with Crippen LogP contribution in [0.15, 0.2) is 30.3 Å². The zero-order valence-electron chi connectivity index (χ0n) is 5.00. The van der Waals surface area contributed by atoms with E-state index in [4.69, 9.17) is 0 Å². The molecule has 0 saturated heterocycles. The van der Waals surface area contributed by atoms with E-state index in [1.54, 1.807) is 0 Å². The van der Waals surface area contributed by atoms with Crippen molar-refractivity contribution in [3.8, 4) is 0 Å². The molecule has 0 atom stereocenters. The third-order valence-electron chi connectivity index (χ3n) is 1.05. The number of hydrogen-bond acceptors (Lipinski definition) is 0. The molecule has 0 unspecified atom stereocenters. The minimum absolute atomic E-state index is 0. The zero-order valence-corrected chi connectivity index (χ0v) is 9.93. The monoisotopic (exact) mass is 359 g/mol. The van der Waals surface area contributed by atoms with Crippen molar-refractivity contribution in [2.45, 2.75) is 2.20 Å². The van der Waals surface area contributed by atoms with Crippen LogP contribution in [0.1, 0.15) is 5.56 Å². The molecule has 9 heavy (non-hydrogen) atoms. The predicted molar refractivity (Wildman–Crippen MR) is 37.4 cm³/mol. The number of rotatable bonds is 1. The van der Waals surface area contributed by atoms with Gasteiger partial charge in [-0.2, -0.15) is 0 Å². The summed E-state index contributed by atoms with van der Waals surface area (Å²) in [5.41, 5.74) is 1.48. The van der Waals surface area contributed by atoms with Gasteiger partial charge in [-0.1, -0.05) is 0 Å². The Morgan fingerprint density at radius 3 is 2.00 bits per heavy atom. The first-order chi connectivity index (χ1) is 3.93. The molecule has 0 aromatic heterocycles. The second kappa shape index (κ2) is 5.61. The number of halogens is 1. The molecule has 0 saturated carbocycles. The Morgan fingerprint density at radius 2 is 1.67 bits per heavy atom. The molecule has 0 bridgehead atoms. The Bertz CT molecular complexity index is 150. The first kappa shape index (κ1) is 9.83. The summed E-state index contributed by atoms with van der Waals surface area (Å²) in [4.78, 5) is 0. The van der Waals surface area contributed by atoms with Gasteiger partial charge in [-0.3, -0.25) is 0 Å². The zero-order chi connectivity index (χ0) is 5.82. The summed E-state index contributed by atoms with van der Waals surface area (Å²) in [5, 5.41) is 0. The van der Waals surface area contributed by atoms with E-state index in [0.29, 0.717) is 0 Å². The van der Waals surface area contributed by atoms with E-state index >= 15 is 0 Å². The maximum absolute atomic E-state index is 2.18.